The van der Waals surface area contributed by atoms with Gasteiger partial charge in [-0.15, -0.1) is 11.3 Å². The number of nitrogens with one attached hydrogen (secondary N) is 1. The molecule has 0 aliphatic rings. The van der Waals surface area contributed by atoms with Crippen LogP contribution in [0.5, 0.6) is 0 Å². The van der Waals surface area contributed by atoms with E-state index in [1.165, 1.54) is 12.1 Å². The van der Waals surface area contributed by atoms with Crippen molar-refractivity contribution in [1.82, 2.24) is 14.7 Å². The summed E-state index contributed by atoms with van der Waals surface area (Å²) in [6.07, 6.45) is -1.92. The van der Waals surface area contributed by atoms with Crippen molar-refractivity contribution in [2.24, 2.45) is 0 Å². The van der Waals surface area contributed by atoms with Crippen molar-refractivity contribution < 1.29 is 13.2 Å². The summed E-state index contributed by atoms with van der Waals surface area (Å²) >= 11 is 13.3. The Balaban J connectivity index is 1.45. The monoisotopic (exact) mass is 469 g/mol. The van der Waals surface area contributed by atoms with Gasteiger partial charge in [-0.1, -0.05) is 41.4 Å². The molecule has 1 N–H and O–H groups in total. The SMILES string of the molecule is FC(F)(F)c1ccc(CCNCc2c(-c3ccc(Cl)cc3)nc3sccn23)cc1Cl. The van der Waals surface area contributed by atoms with Gasteiger partial charge in [0.25, 0.3) is 0 Å². The second kappa shape index (κ2) is 8.59. The highest BCUT2D eigenvalue weighted by atomic mass is 35.5. The molecule has 0 saturated heterocycles. The van der Waals surface area contributed by atoms with Gasteiger partial charge in [-0.05, 0) is 42.8 Å². The number of hydrogen-bond donors (Lipinski definition) is 1. The van der Waals surface area contributed by atoms with Crippen LogP contribution in [0.3, 0.4) is 0 Å². The van der Waals surface area contributed by atoms with Crippen LogP contribution in [-0.2, 0) is 19.1 Å². The molecule has 0 bridgehead atoms. The Bertz CT molecular complexity index is 1170. The maximum Gasteiger partial charge on any atom is 0.417 e. The van der Waals surface area contributed by atoms with Crippen molar-refractivity contribution in [3.8, 4) is 11.3 Å². The minimum Gasteiger partial charge on any atom is -0.311 e. The van der Waals surface area contributed by atoms with Gasteiger partial charge in [0.05, 0.1) is 22.0 Å². The summed E-state index contributed by atoms with van der Waals surface area (Å²) in [5.41, 5.74) is 2.80. The van der Waals surface area contributed by atoms with Gasteiger partial charge in [0.15, 0.2) is 4.96 Å². The molecule has 0 atom stereocenters. The standard InChI is InChI=1S/C21H16Cl2F3N3S/c22-15-4-2-14(3-5-15)19-18(29-9-10-30-20(29)28-19)12-27-8-7-13-1-6-16(17(23)11-13)21(24,25)26/h1-6,9-11,27H,7-8,12H2. The second-order valence-corrected chi connectivity index (χ2v) is 8.42. The zero-order valence-electron chi connectivity index (χ0n) is 15.5. The van der Waals surface area contributed by atoms with Crippen LogP contribution >= 0.6 is 34.5 Å². The Labute approximate surface area is 185 Å². The highest BCUT2D eigenvalue weighted by Crippen LogP contribution is 2.35. The third kappa shape index (κ3) is 4.49. The number of rotatable bonds is 6. The Morgan fingerprint density at radius 1 is 1.07 bits per heavy atom. The number of fused-ring (bicyclic) bond motifs is 1. The van der Waals surface area contributed by atoms with Crippen molar-refractivity contribution in [2.75, 3.05) is 6.54 Å². The fraction of sp³-hybridized carbons (Fsp3) is 0.190. The molecule has 2 aromatic carbocycles. The number of alkyl halides is 3. The summed E-state index contributed by atoms with van der Waals surface area (Å²) in [6.45, 7) is 1.14. The molecule has 2 aromatic heterocycles. The molecule has 0 unspecified atom stereocenters. The zero-order valence-corrected chi connectivity index (χ0v) is 17.8. The number of benzene rings is 2. The molecule has 0 fully saturated rings. The Kier molecular flexibility index (Phi) is 6.06. The molecule has 0 saturated carbocycles. The third-order valence-electron chi connectivity index (χ3n) is 4.70. The van der Waals surface area contributed by atoms with E-state index in [1.54, 1.807) is 11.3 Å². The van der Waals surface area contributed by atoms with Crippen molar-refractivity contribution in [3.05, 3.63) is 80.9 Å². The molecule has 4 aromatic rings. The summed E-state index contributed by atoms with van der Waals surface area (Å²) in [7, 11) is 0. The van der Waals surface area contributed by atoms with Crippen LogP contribution in [0.4, 0.5) is 13.2 Å². The maximum absolute atomic E-state index is 12.8. The van der Waals surface area contributed by atoms with Crippen LogP contribution in [0.15, 0.2) is 54.0 Å². The van der Waals surface area contributed by atoms with Gasteiger partial charge in [-0.25, -0.2) is 4.98 Å². The largest absolute Gasteiger partial charge is 0.417 e. The summed E-state index contributed by atoms with van der Waals surface area (Å²) in [6, 6.07) is 11.4. The molecule has 30 heavy (non-hydrogen) atoms. The summed E-state index contributed by atoms with van der Waals surface area (Å²) in [5, 5.41) is 5.72. The van der Waals surface area contributed by atoms with Crippen LogP contribution in [0, 0.1) is 0 Å². The number of thiazole rings is 1. The van der Waals surface area contributed by atoms with Crippen LogP contribution < -0.4 is 5.32 Å². The first-order valence-electron chi connectivity index (χ1n) is 9.09. The molecule has 0 aliphatic heterocycles. The van der Waals surface area contributed by atoms with Gasteiger partial charge in [-0.3, -0.25) is 4.40 Å². The van der Waals surface area contributed by atoms with Crippen LogP contribution in [0.2, 0.25) is 10.0 Å². The molecule has 0 aliphatic carbocycles. The molecule has 0 amide bonds. The minimum absolute atomic E-state index is 0.277. The molecule has 0 spiro atoms. The van der Waals surface area contributed by atoms with E-state index in [9.17, 15) is 13.2 Å². The summed E-state index contributed by atoms with van der Waals surface area (Å²) in [4.78, 5) is 5.62. The zero-order chi connectivity index (χ0) is 21.3. The van der Waals surface area contributed by atoms with E-state index < -0.39 is 11.7 Å². The number of halogens is 5. The smallest absolute Gasteiger partial charge is 0.311 e. The first kappa shape index (κ1) is 21.2. The Hall–Kier alpha value is -2.06. The molecular formula is C21H16Cl2F3N3S. The molecule has 0 radical (unpaired) electrons. The molecular weight excluding hydrogens is 454 g/mol. The van der Waals surface area contributed by atoms with E-state index in [1.807, 2.05) is 40.2 Å². The number of hydrogen-bond acceptors (Lipinski definition) is 3. The van der Waals surface area contributed by atoms with Crippen molar-refractivity contribution >= 4 is 39.5 Å². The average molecular weight is 470 g/mol. The maximum atomic E-state index is 12.8. The minimum atomic E-state index is -4.44. The van der Waals surface area contributed by atoms with Crippen molar-refractivity contribution in [3.63, 3.8) is 0 Å². The lowest BCUT2D eigenvalue weighted by molar-refractivity contribution is -0.137. The molecule has 156 valence electrons. The average Bonchev–Trinajstić information content (AvgIpc) is 3.27. The van der Waals surface area contributed by atoms with Crippen molar-refractivity contribution in [1.29, 1.82) is 0 Å². The predicted octanol–water partition coefficient (Wildman–Crippen LogP) is 6.72. The lowest BCUT2D eigenvalue weighted by Gasteiger charge is -2.11. The molecule has 9 heteroatoms. The van der Waals surface area contributed by atoms with Crippen LogP contribution in [0.1, 0.15) is 16.8 Å². The van der Waals surface area contributed by atoms with Gasteiger partial charge in [0, 0.05) is 28.7 Å². The van der Waals surface area contributed by atoms with E-state index >= 15 is 0 Å². The fourth-order valence-electron chi connectivity index (χ4n) is 3.22. The number of imidazole rings is 1. The number of nitrogens with zero attached hydrogens (tertiary/aromatic N) is 2. The van der Waals surface area contributed by atoms with Gasteiger partial charge in [0.2, 0.25) is 0 Å². The summed E-state index contributed by atoms with van der Waals surface area (Å²) < 4.78 is 40.5. The second-order valence-electron chi connectivity index (χ2n) is 6.71. The highest BCUT2D eigenvalue weighted by Gasteiger charge is 2.32. The van der Waals surface area contributed by atoms with E-state index in [2.05, 4.69) is 5.32 Å². The lowest BCUT2D eigenvalue weighted by Crippen LogP contribution is -2.18. The topological polar surface area (TPSA) is 29.3 Å². The first-order valence-corrected chi connectivity index (χ1v) is 10.7. The van der Waals surface area contributed by atoms with Crippen LogP contribution in [0.25, 0.3) is 16.2 Å². The first-order chi connectivity index (χ1) is 14.3. The Morgan fingerprint density at radius 2 is 1.83 bits per heavy atom. The summed E-state index contributed by atoms with van der Waals surface area (Å²) in [5.74, 6) is 0. The Morgan fingerprint density at radius 3 is 2.53 bits per heavy atom. The number of aromatic nitrogens is 2. The fourth-order valence-corrected chi connectivity index (χ4v) is 4.39. The lowest BCUT2D eigenvalue weighted by atomic mass is 10.1. The molecule has 4 rings (SSSR count). The van der Waals surface area contributed by atoms with E-state index in [4.69, 9.17) is 28.2 Å². The van der Waals surface area contributed by atoms with Gasteiger partial charge < -0.3 is 5.32 Å². The molecule has 2 heterocycles. The van der Waals surface area contributed by atoms with Gasteiger partial charge >= 0.3 is 6.18 Å². The quantitative estimate of drug-likeness (QED) is 0.317. The molecule has 3 nitrogen and oxygen atoms in total. The third-order valence-corrected chi connectivity index (χ3v) is 6.02. The van der Waals surface area contributed by atoms with Gasteiger partial charge in [0.1, 0.15) is 0 Å². The predicted molar refractivity (Wildman–Crippen MR) is 115 cm³/mol. The van der Waals surface area contributed by atoms with E-state index in [0.29, 0.717) is 24.5 Å². The van der Waals surface area contributed by atoms with Gasteiger partial charge in [-0.2, -0.15) is 13.2 Å². The van der Waals surface area contributed by atoms with E-state index in [0.717, 1.165) is 33.5 Å². The normalized spacial score (nSPS) is 12.0. The highest BCUT2D eigenvalue weighted by molar-refractivity contribution is 7.15. The van der Waals surface area contributed by atoms with Crippen molar-refractivity contribution in [2.45, 2.75) is 19.1 Å². The van der Waals surface area contributed by atoms with Crippen LogP contribution in [-0.4, -0.2) is 15.9 Å². The van der Waals surface area contributed by atoms with E-state index in [-0.39, 0.29) is 5.02 Å².